The van der Waals surface area contributed by atoms with E-state index in [9.17, 15) is 4.39 Å². The molecule has 0 amide bonds. The van der Waals surface area contributed by atoms with Crippen LogP contribution >= 0.6 is 11.6 Å². The number of methoxy groups -OCH3 is 1. The van der Waals surface area contributed by atoms with Gasteiger partial charge in [-0.3, -0.25) is 16.3 Å². The number of nitrogens with two attached hydrogens (primary N) is 1. The summed E-state index contributed by atoms with van der Waals surface area (Å²) in [5, 5.41) is 0.104. The second kappa shape index (κ2) is 6.65. The summed E-state index contributed by atoms with van der Waals surface area (Å²) < 4.78 is 18.7. The van der Waals surface area contributed by atoms with Crippen LogP contribution in [0.3, 0.4) is 0 Å². The Balaban J connectivity index is 2.26. The maximum Gasteiger partial charge on any atom is 0.142 e. The van der Waals surface area contributed by atoms with Crippen molar-refractivity contribution in [2.45, 2.75) is 12.5 Å². The molecule has 1 unspecified atom stereocenters. The van der Waals surface area contributed by atoms with Crippen molar-refractivity contribution >= 4 is 11.6 Å². The molecule has 0 bridgehead atoms. The molecule has 6 heteroatoms. The van der Waals surface area contributed by atoms with Gasteiger partial charge in [-0.25, -0.2) is 4.39 Å². The fraction of sp³-hybridized carbons (Fsp3) is 0.214. The molecule has 0 fully saturated rings. The van der Waals surface area contributed by atoms with Gasteiger partial charge in [-0.2, -0.15) is 0 Å². The molecule has 0 aliphatic rings. The van der Waals surface area contributed by atoms with Crippen LogP contribution in [-0.4, -0.2) is 12.1 Å². The smallest absolute Gasteiger partial charge is 0.142 e. The quantitative estimate of drug-likeness (QED) is 0.657. The maximum atomic E-state index is 13.5. The summed E-state index contributed by atoms with van der Waals surface area (Å²) in [5.41, 5.74) is 4.36. The van der Waals surface area contributed by atoms with Crippen molar-refractivity contribution in [1.29, 1.82) is 0 Å². The summed E-state index contributed by atoms with van der Waals surface area (Å²) in [6.07, 6.45) is 3.78. The van der Waals surface area contributed by atoms with Crippen LogP contribution in [0.4, 0.5) is 4.39 Å². The number of nitrogens with one attached hydrogen (secondary N) is 1. The Bertz CT molecular complexity index is 594. The van der Waals surface area contributed by atoms with Crippen LogP contribution in [0.5, 0.6) is 5.75 Å². The Labute approximate surface area is 121 Å². The van der Waals surface area contributed by atoms with Gasteiger partial charge in [-0.1, -0.05) is 17.7 Å². The van der Waals surface area contributed by atoms with Crippen molar-refractivity contribution in [1.82, 2.24) is 10.4 Å². The lowest BCUT2D eigenvalue weighted by Gasteiger charge is -2.18. The number of rotatable bonds is 5. The minimum Gasteiger partial charge on any atom is -0.495 e. The van der Waals surface area contributed by atoms with Gasteiger partial charge in [-0.05, 0) is 30.2 Å². The lowest BCUT2D eigenvalue weighted by atomic mass is 9.99. The Morgan fingerprint density at radius 2 is 2.25 bits per heavy atom. The molecule has 1 aromatic heterocycles. The monoisotopic (exact) mass is 295 g/mol. The molecular formula is C14H15ClFN3O. The van der Waals surface area contributed by atoms with Crippen molar-refractivity contribution in [3.05, 3.63) is 58.6 Å². The molecule has 4 nitrogen and oxygen atoms in total. The van der Waals surface area contributed by atoms with E-state index >= 15 is 0 Å². The van der Waals surface area contributed by atoms with Gasteiger partial charge < -0.3 is 4.74 Å². The molecule has 0 saturated heterocycles. The van der Waals surface area contributed by atoms with Gasteiger partial charge in [-0.15, -0.1) is 0 Å². The number of halogens is 2. The normalized spacial score (nSPS) is 12.2. The summed E-state index contributed by atoms with van der Waals surface area (Å²) >= 11 is 5.67. The van der Waals surface area contributed by atoms with Crippen molar-refractivity contribution in [2.75, 3.05) is 7.11 Å². The van der Waals surface area contributed by atoms with E-state index < -0.39 is 5.82 Å². The summed E-state index contributed by atoms with van der Waals surface area (Å²) in [6.45, 7) is 0. The third-order valence-electron chi connectivity index (χ3n) is 3.04. The molecular weight excluding hydrogens is 281 g/mol. The lowest BCUT2D eigenvalue weighted by molar-refractivity contribution is 0.397. The predicted octanol–water partition coefficient (Wildman–Crippen LogP) is 2.63. The van der Waals surface area contributed by atoms with Crippen LogP contribution in [0.25, 0.3) is 0 Å². The number of pyridine rings is 1. The Morgan fingerprint density at radius 1 is 1.45 bits per heavy atom. The third-order valence-corrected chi connectivity index (χ3v) is 3.34. The first-order chi connectivity index (χ1) is 9.65. The molecule has 0 aliphatic heterocycles. The van der Waals surface area contributed by atoms with Crippen molar-refractivity contribution in [3.63, 3.8) is 0 Å². The number of hydrazine groups is 1. The minimum atomic E-state index is -0.443. The molecule has 1 aromatic carbocycles. The lowest BCUT2D eigenvalue weighted by Crippen LogP contribution is -2.30. The fourth-order valence-electron chi connectivity index (χ4n) is 2.01. The first-order valence-corrected chi connectivity index (χ1v) is 6.41. The number of benzene rings is 1. The average Bonchev–Trinajstić information content (AvgIpc) is 2.48. The second-order valence-corrected chi connectivity index (χ2v) is 4.70. The molecule has 0 radical (unpaired) electrons. The van der Waals surface area contributed by atoms with Crippen LogP contribution in [-0.2, 0) is 6.42 Å². The number of ether oxygens (including phenoxy) is 1. The van der Waals surface area contributed by atoms with Gasteiger partial charge in [0.15, 0.2) is 0 Å². The van der Waals surface area contributed by atoms with Gasteiger partial charge in [0, 0.05) is 11.8 Å². The highest BCUT2D eigenvalue weighted by Gasteiger charge is 2.16. The SMILES string of the molecule is COc1cnccc1C(Cc1ccc(Cl)c(F)c1)NN. The Kier molecular flexibility index (Phi) is 4.89. The molecule has 1 atom stereocenters. The van der Waals surface area contributed by atoms with E-state index in [0.717, 1.165) is 11.1 Å². The van der Waals surface area contributed by atoms with E-state index in [4.69, 9.17) is 22.2 Å². The second-order valence-electron chi connectivity index (χ2n) is 4.29. The zero-order valence-corrected chi connectivity index (χ0v) is 11.7. The average molecular weight is 296 g/mol. The van der Waals surface area contributed by atoms with Gasteiger partial charge in [0.2, 0.25) is 0 Å². The van der Waals surface area contributed by atoms with Crippen LogP contribution in [0, 0.1) is 5.82 Å². The molecule has 2 rings (SSSR count). The molecule has 3 N–H and O–H groups in total. The largest absolute Gasteiger partial charge is 0.495 e. The van der Waals surface area contributed by atoms with Crippen molar-refractivity contribution in [2.24, 2.45) is 5.84 Å². The highest BCUT2D eigenvalue weighted by molar-refractivity contribution is 6.30. The summed E-state index contributed by atoms with van der Waals surface area (Å²) in [4.78, 5) is 3.99. The zero-order valence-electron chi connectivity index (χ0n) is 10.9. The molecule has 1 heterocycles. The van der Waals surface area contributed by atoms with Crippen LogP contribution in [0.1, 0.15) is 17.2 Å². The highest BCUT2D eigenvalue weighted by atomic mass is 35.5. The first kappa shape index (κ1) is 14.7. The zero-order chi connectivity index (χ0) is 14.5. The van der Waals surface area contributed by atoms with Crippen molar-refractivity contribution < 1.29 is 9.13 Å². The summed E-state index contributed by atoms with van der Waals surface area (Å²) in [6, 6.07) is 6.30. The van der Waals surface area contributed by atoms with E-state index in [2.05, 4.69) is 10.4 Å². The van der Waals surface area contributed by atoms with Crippen molar-refractivity contribution in [3.8, 4) is 5.75 Å². The summed E-state index contributed by atoms with van der Waals surface area (Å²) in [7, 11) is 1.57. The van der Waals surface area contributed by atoms with E-state index in [1.54, 1.807) is 25.6 Å². The van der Waals surface area contributed by atoms with Gasteiger partial charge in [0.25, 0.3) is 0 Å². The predicted molar refractivity (Wildman–Crippen MR) is 76.0 cm³/mol. The third kappa shape index (κ3) is 3.25. The molecule has 106 valence electrons. The number of hydrogen-bond acceptors (Lipinski definition) is 4. The fourth-order valence-corrected chi connectivity index (χ4v) is 2.13. The van der Waals surface area contributed by atoms with E-state index in [1.807, 2.05) is 6.07 Å². The van der Waals surface area contributed by atoms with Gasteiger partial charge in [0.1, 0.15) is 11.6 Å². The topological polar surface area (TPSA) is 60.2 Å². The van der Waals surface area contributed by atoms with Crippen LogP contribution in [0.15, 0.2) is 36.7 Å². The van der Waals surface area contributed by atoms with E-state index in [1.165, 1.54) is 12.1 Å². The van der Waals surface area contributed by atoms with E-state index in [0.29, 0.717) is 12.2 Å². The number of hydrogen-bond donors (Lipinski definition) is 2. The standard InChI is InChI=1S/C14H15ClFN3O/c1-20-14-8-18-5-4-10(14)13(19-17)7-9-2-3-11(15)12(16)6-9/h2-6,8,13,19H,7,17H2,1H3. The number of aromatic nitrogens is 1. The highest BCUT2D eigenvalue weighted by Crippen LogP contribution is 2.27. The van der Waals surface area contributed by atoms with Crippen LogP contribution in [0.2, 0.25) is 5.02 Å². The van der Waals surface area contributed by atoms with Crippen LogP contribution < -0.4 is 16.0 Å². The first-order valence-electron chi connectivity index (χ1n) is 6.03. The van der Waals surface area contributed by atoms with E-state index in [-0.39, 0.29) is 11.1 Å². The maximum absolute atomic E-state index is 13.5. The Hall–Kier alpha value is -1.69. The van der Waals surface area contributed by atoms with Gasteiger partial charge in [0.05, 0.1) is 24.4 Å². The molecule has 0 spiro atoms. The summed E-state index contributed by atoms with van der Waals surface area (Å²) in [5.74, 6) is 5.78. The Morgan fingerprint density at radius 3 is 2.90 bits per heavy atom. The number of nitrogens with zero attached hydrogens (tertiary/aromatic N) is 1. The minimum absolute atomic E-state index is 0.104. The van der Waals surface area contributed by atoms with Gasteiger partial charge >= 0.3 is 0 Å². The molecule has 0 saturated carbocycles. The molecule has 20 heavy (non-hydrogen) atoms. The molecule has 0 aliphatic carbocycles. The molecule has 2 aromatic rings.